The molecule has 1 saturated carbocycles. The van der Waals surface area contributed by atoms with Gasteiger partial charge in [0.25, 0.3) is 0 Å². The largest absolute Gasteiger partial charge is 0.476 e. The van der Waals surface area contributed by atoms with Crippen molar-refractivity contribution in [3.63, 3.8) is 0 Å². The summed E-state index contributed by atoms with van der Waals surface area (Å²) in [5.74, 6) is 1.20. The van der Waals surface area contributed by atoms with Crippen LogP contribution in [0.4, 0.5) is 11.5 Å². The van der Waals surface area contributed by atoms with Gasteiger partial charge in [0, 0.05) is 12.0 Å². The molecule has 0 amide bonds. The number of rotatable bonds is 6. The van der Waals surface area contributed by atoms with Crippen LogP contribution in [-0.4, -0.2) is 29.8 Å². The molecule has 1 heterocycles. The van der Waals surface area contributed by atoms with E-state index in [2.05, 4.69) is 10.3 Å². The predicted octanol–water partition coefficient (Wildman–Crippen LogP) is 1.25. The molecule has 17 heavy (non-hydrogen) atoms. The first-order valence-corrected chi connectivity index (χ1v) is 5.93. The van der Waals surface area contributed by atoms with Gasteiger partial charge in [-0.1, -0.05) is 0 Å². The molecule has 0 saturated heterocycles. The van der Waals surface area contributed by atoms with Crippen molar-refractivity contribution in [2.45, 2.75) is 19.8 Å². The molecule has 0 aliphatic heterocycles. The molecule has 0 bridgehead atoms. The van der Waals surface area contributed by atoms with E-state index < -0.39 is 0 Å². The Morgan fingerprint density at radius 3 is 2.88 bits per heavy atom. The molecule has 1 fully saturated rings. The number of nitrogen functional groups attached to an aromatic ring is 1. The van der Waals surface area contributed by atoms with Crippen LogP contribution >= 0.6 is 0 Å². The topological polar surface area (TPSA) is 80.4 Å². The zero-order valence-electron chi connectivity index (χ0n) is 10.1. The van der Waals surface area contributed by atoms with Crippen molar-refractivity contribution >= 4 is 11.5 Å². The van der Waals surface area contributed by atoms with E-state index in [1.54, 1.807) is 6.07 Å². The molecule has 0 aromatic carbocycles. The van der Waals surface area contributed by atoms with Crippen LogP contribution < -0.4 is 15.8 Å². The summed E-state index contributed by atoms with van der Waals surface area (Å²) in [5.41, 5.74) is 6.35. The average Bonchev–Trinajstić information content (AvgIpc) is 3.11. The molecule has 1 aliphatic carbocycles. The second kappa shape index (κ2) is 4.79. The minimum atomic E-state index is 0.0643. The lowest BCUT2D eigenvalue weighted by molar-refractivity contribution is 0.219. The molecule has 94 valence electrons. The van der Waals surface area contributed by atoms with Crippen molar-refractivity contribution in [3.05, 3.63) is 12.1 Å². The van der Waals surface area contributed by atoms with E-state index in [1.165, 1.54) is 0 Å². The van der Waals surface area contributed by atoms with Crippen LogP contribution in [0.2, 0.25) is 0 Å². The highest BCUT2D eigenvalue weighted by Crippen LogP contribution is 2.44. The van der Waals surface area contributed by atoms with Crippen molar-refractivity contribution in [2.75, 3.05) is 30.8 Å². The maximum absolute atomic E-state index is 9.21. The molecule has 1 aromatic rings. The second-order valence-corrected chi connectivity index (χ2v) is 4.54. The zero-order valence-corrected chi connectivity index (χ0v) is 10.1. The Balaban J connectivity index is 1.98. The van der Waals surface area contributed by atoms with Crippen LogP contribution in [-0.2, 0) is 0 Å². The molecule has 1 aromatic heterocycles. The van der Waals surface area contributed by atoms with Crippen LogP contribution in [0.3, 0.4) is 0 Å². The van der Waals surface area contributed by atoms with Crippen LogP contribution in [0.15, 0.2) is 12.1 Å². The first kappa shape index (κ1) is 12.0. The monoisotopic (exact) mass is 237 g/mol. The summed E-state index contributed by atoms with van der Waals surface area (Å²) in [6, 6.07) is 3.60. The third kappa shape index (κ3) is 2.79. The molecule has 0 unspecified atom stereocenters. The fraction of sp³-hybridized carbons (Fsp3) is 0.583. The lowest BCUT2D eigenvalue weighted by Gasteiger charge is -2.14. The number of anilines is 2. The molecular formula is C12H19N3O2. The van der Waals surface area contributed by atoms with Gasteiger partial charge in [-0.05, 0) is 31.9 Å². The van der Waals surface area contributed by atoms with E-state index in [1.807, 2.05) is 13.0 Å². The van der Waals surface area contributed by atoms with Crippen LogP contribution in [0.1, 0.15) is 19.8 Å². The minimum absolute atomic E-state index is 0.0643. The number of nitrogens with one attached hydrogen (secondary N) is 1. The molecule has 0 radical (unpaired) electrons. The highest BCUT2D eigenvalue weighted by Gasteiger charge is 2.41. The van der Waals surface area contributed by atoms with Crippen LogP contribution in [0.5, 0.6) is 5.88 Å². The Bertz CT molecular complexity index is 391. The van der Waals surface area contributed by atoms with Crippen molar-refractivity contribution < 1.29 is 9.84 Å². The van der Waals surface area contributed by atoms with Crippen molar-refractivity contribution in [2.24, 2.45) is 5.41 Å². The van der Waals surface area contributed by atoms with Gasteiger partial charge in [-0.3, -0.25) is 0 Å². The fourth-order valence-corrected chi connectivity index (χ4v) is 1.65. The quantitative estimate of drug-likeness (QED) is 0.693. The summed E-state index contributed by atoms with van der Waals surface area (Å²) < 4.78 is 5.33. The highest BCUT2D eigenvalue weighted by atomic mass is 16.5. The van der Waals surface area contributed by atoms with Crippen molar-refractivity contribution in [1.29, 1.82) is 0 Å². The van der Waals surface area contributed by atoms with E-state index in [4.69, 9.17) is 10.5 Å². The molecule has 0 atom stereocenters. The Morgan fingerprint density at radius 2 is 2.29 bits per heavy atom. The number of ether oxygens (including phenoxy) is 1. The molecule has 2 rings (SSSR count). The van der Waals surface area contributed by atoms with Crippen LogP contribution in [0.25, 0.3) is 0 Å². The first-order valence-electron chi connectivity index (χ1n) is 5.93. The molecule has 5 nitrogen and oxygen atoms in total. The standard InChI is InChI=1S/C12H19N3O2/c1-2-17-11-9(13)3-4-10(15-11)14-7-12(8-16)5-6-12/h3-4,16H,2,5-8,13H2,1H3,(H,14,15). The third-order valence-electron chi connectivity index (χ3n) is 3.11. The summed E-state index contributed by atoms with van der Waals surface area (Å²) in [5, 5.41) is 12.4. The van der Waals surface area contributed by atoms with Gasteiger partial charge in [0.2, 0.25) is 5.88 Å². The number of nitrogens with zero attached hydrogens (tertiary/aromatic N) is 1. The lowest BCUT2D eigenvalue weighted by atomic mass is 10.1. The van der Waals surface area contributed by atoms with Gasteiger partial charge >= 0.3 is 0 Å². The first-order chi connectivity index (χ1) is 8.19. The van der Waals surface area contributed by atoms with Gasteiger partial charge in [0.15, 0.2) is 0 Å². The summed E-state index contributed by atoms with van der Waals surface area (Å²) in [4.78, 5) is 4.29. The maximum atomic E-state index is 9.21. The summed E-state index contributed by atoms with van der Waals surface area (Å²) >= 11 is 0. The summed E-state index contributed by atoms with van der Waals surface area (Å²) in [6.07, 6.45) is 2.15. The fourth-order valence-electron chi connectivity index (χ4n) is 1.65. The second-order valence-electron chi connectivity index (χ2n) is 4.54. The molecule has 5 heteroatoms. The Morgan fingerprint density at radius 1 is 1.53 bits per heavy atom. The van der Waals surface area contributed by atoms with E-state index >= 15 is 0 Å². The van der Waals surface area contributed by atoms with E-state index in [-0.39, 0.29) is 12.0 Å². The number of aliphatic hydroxyl groups is 1. The number of nitrogens with two attached hydrogens (primary N) is 1. The Hall–Kier alpha value is -1.49. The van der Waals surface area contributed by atoms with E-state index in [0.717, 1.165) is 25.2 Å². The number of aliphatic hydroxyl groups excluding tert-OH is 1. The maximum Gasteiger partial charge on any atom is 0.239 e. The van der Waals surface area contributed by atoms with Crippen molar-refractivity contribution in [1.82, 2.24) is 4.98 Å². The smallest absolute Gasteiger partial charge is 0.239 e. The molecule has 0 spiro atoms. The van der Waals surface area contributed by atoms with Gasteiger partial charge in [0.05, 0.1) is 18.9 Å². The number of aromatic nitrogens is 1. The lowest BCUT2D eigenvalue weighted by Crippen LogP contribution is -2.19. The van der Waals surface area contributed by atoms with E-state index in [0.29, 0.717) is 18.2 Å². The van der Waals surface area contributed by atoms with Gasteiger partial charge in [-0.25, -0.2) is 0 Å². The van der Waals surface area contributed by atoms with Gasteiger partial charge in [0.1, 0.15) is 5.82 Å². The van der Waals surface area contributed by atoms with E-state index in [9.17, 15) is 5.11 Å². The number of hydrogen-bond donors (Lipinski definition) is 3. The number of hydrogen-bond acceptors (Lipinski definition) is 5. The minimum Gasteiger partial charge on any atom is -0.476 e. The Labute approximate surface area is 101 Å². The van der Waals surface area contributed by atoms with Crippen molar-refractivity contribution in [3.8, 4) is 5.88 Å². The number of pyridine rings is 1. The predicted molar refractivity (Wildman–Crippen MR) is 67.1 cm³/mol. The van der Waals surface area contributed by atoms with Gasteiger partial charge in [-0.15, -0.1) is 0 Å². The summed E-state index contributed by atoms with van der Waals surface area (Å²) in [6.45, 7) is 3.41. The normalized spacial score (nSPS) is 16.6. The molecular weight excluding hydrogens is 218 g/mol. The highest BCUT2D eigenvalue weighted by molar-refractivity contribution is 5.53. The van der Waals surface area contributed by atoms with Gasteiger partial charge in [-0.2, -0.15) is 4.98 Å². The third-order valence-corrected chi connectivity index (χ3v) is 3.11. The van der Waals surface area contributed by atoms with Crippen LogP contribution in [0, 0.1) is 5.41 Å². The van der Waals surface area contributed by atoms with Gasteiger partial charge < -0.3 is 20.9 Å². The zero-order chi connectivity index (χ0) is 12.3. The molecule has 1 aliphatic rings. The summed E-state index contributed by atoms with van der Waals surface area (Å²) in [7, 11) is 0. The SMILES string of the molecule is CCOc1nc(NCC2(CO)CC2)ccc1N. The Kier molecular flexibility index (Phi) is 3.38. The molecule has 4 N–H and O–H groups in total. The average molecular weight is 237 g/mol.